The Morgan fingerprint density at radius 3 is 2.47 bits per heavy atom. The zero-order valence-corrected chi connectivity index (χ0v) is 23.5. The molecule has 7 rings (SSSR count). The lowest BCUT2D eigenvalue weighted by Gasteiger charge is -2.40. The molecule has 10 nitrogen and oxygen atoms in total. The number of amidine groups is 2. The molecule has 1 aromatic heterocycles. The Kier molecular flexibility index (Phi) is 6.43. The van der Waals surface area contributed by atoms with Crippen molar-refractivity contribution in [2.24, 2.45) is 9.98 Å². The monoisotopic (exact) mass is 569 g/mol. The molecule has 0 radical (unpaired) electrons. The lowest BCUT2D eigenvalue weighted by atomic mass is 9.93. The van der Waals surface area contributed by atoms with E-state index in [4.69, 9.17) is 19.8 Å². The predicted molar refractivity (Wildman–Crippen MR) is 168 cm³/mol. The number of fused-ring (bicyclic) bond motifs is 4. The van der Waals surface area contributed by atoms with Gasteiger partial charge in [0.2, 0.25) is 0 Å². The van der Waals surface area contributed by atoms with Crippen molar-refractivity contribution in [3.8, 4) is 11.4 Å². The highest BCUT2D eigenvalue weighted by atomic mass is 16.6. The highest BCUT2D eigenvalue weighted by molar-refractivity contribution is 6.51. The highest BCUT2D eigenvalue weighted by Crippen LogP contribution is 2.48. The first-order chi connectivity index (χ1) is 21.0. The summed E-state index contributed by atoms with van der Waals surface area (Å²) in [5.41, 5.74) is 5.67. The van der Waals surface area contributed by atoms with Crippen LogP contribution in [-0.4, -0.2) is 33.0 Å². The molecule has 0 unspecified atom stereocenters. The van der Waals surface area contributed by atoms with Crippen LogP contribution in [0.25, 0.3) is 5.69 Å². The first-order valence-corrected chi connectivity index (χ1v) is 14.0. The summed E-state index contributed by atoms with van der Waals surface area (Å²) >= 11 is 0. The molecule has 2 aliphatic rings. The van der Waals surface area contributed by atoms with Crippen molar-refractivity contribution < 1.29 is 9.66 Å². The molecule has 2 aliphatic heterocycles. The number of hydrogen-bond donors (Lipinski definition) is 1. The molecule has 212 valence electrons. The van der Waals surface area contributed by atoms with E-state index in [9.17, 15) is 10.1 Å². The molecule has 0 saturated heterocycles. The van der Waals surface area contributed by atoms with Crippen molar-refractivity contribution in [1.29, 1.82) is 0 Å². The van der Waals surface area contributed by atoms with Crippen LogP contribution in [0.5, 0.6) is 5.75 Å². The van der Waals surface area contributed by atoms with E-state index in [2.05, 4.69) is 10.2 Å². The van der Waals surface area contributed by atoms with Crippen LogP contribution in [0.2, 0.25) is 0 Å². The summed E-state index contributed by atoms with van der Waals surface area (Å²) in [5.74, 6) is 2.54. The number of nitro groups is 1. The number of ether oxygens (including phenoxy) is 1. The Labute approximate surface area is 247 Å². The number of non-ortho nitro benzene ring substituents is 1. The van der Waals surface area contributed by atoms with Crippen LogP contribution in [0.1, 0.15) is 29.8 Å². The topological polar surface area (TPSA) is 110 Å². The van der Waals surface area contributed by atoms with Gasteiger partial charge in [-0.2, -0.15) is 5.10 Å². The van der Waals surface area contributed by atoms with Gasteiger partial charge >= 0.3 is 0 Å². The van der Waals surface area contributed by atoms with Gasteiger partial charge in [-0.3, -0.25) is 10.1 Å². The number of nitrogens with one attached hydrogen (secondary N) is 1. The van der Waals surface area contributed by atoms with E-state index in [1.54, 1.807) is 12.1 Å². The van der Waals surface area contributed by atoms with Crippen LogP contribution in [0.15, 0.2) is 113 Å². The van der Waals surface area contributed by atoms with Gasteiger partial charge in [0.25, 0.3) is 5.69 Å². The molecule has 5 aromatic rings. The molecule has 10 heteroatoms. The number of nitro benzene ring substituents is 1. The van der Waals surface area contributed by atoms with E-state index < -0.39 is 6.04 Å². The minimum Gasteiger partial charge on any atom is -0.494 e. The fourth-order valence-electron chi connectivity index (χ4n) is 5.61. The maximum atomic E-state index is 11.9. The molecule has 0 amide bonds. The van der Waals surface area contributed by atoms with Crippen LogP contribution in [0.4, 0.5) is 28.6 Å². The second-order valence-corrected chi connectivity index (χ2v) is 10.2. The Hall–Kier alpha value is -5.77. The normalized spacial score (nSPS) is 15.0. The first-order valence-electron chi connectivity index (χ1n) is 14.0. The van der Waals surface area contributed by atoms with Gasteiger partial charge < -0.3 is 15.0 Å². The SMILES string of the molecule is CCOc1ccc(NC2=Nc3ccccc3N3C2=Nc2c(c(C)nn2-c2ccccc2)[C@H]3c2cccc([N+](=O)[O-])c2)cc1. The molecule has 0 spiro atoms. The van der Waals surface area contributed by atoms with E-state index in [-0.39, 0.29) is 10.6 Å². The largest absolute Gasteiger partial charge is 0.494 e. The predicted octanol–water partition coefficient (Wildman–Crippen LogP) is 7.28. The molecule has 1 N–H and O–H groups in total. The number of nitrogens with zero attached hydrogens (tertiary/aromatic N) is 6. The van der Waals surface area contributed by atoms with E-state index in [1.165, 1.54) is 6.07 Å². The van der Waals surface area contributed by atoms with Crippen LogP contribution in [-0.2, 0) is 0 Å². The minimum atomic E-state index is -0.464. The Bertz CT molecular complexity index is 1910. The number of hydrogen-bond acceptors (Lipinski definition) is 8. The molecule has 0 aliphatic carbocycles. The van der Waals surface area contributed by atoms with Crippen molar-refractivity contribution in [2.75, 3.05) is 16.8 Å². The number of rotatable bonds is 6. The van der Waals surface area contributed by atoms with Gasteiger partial charge in [-0.25, -0.2) is 14.7 Å². The lowest BCUT2D eigenvalue weighted by molar-refractivity contribution is -0.384. The van der Waals surface area contributed by atoms with Crippen LogP contribution < -0.4 is 15.0 Å². The molecule has 1 atom stereocenters. The number of aryl methyl sites for hydroxylation is 1. The van der Waals surface area contributed by atoms with Crippen LogP contribution in [0, 0.1) is 17.0 Å². The summed E-state index contributed by atoms with van der Waals surface area (Å²) in [5, 5.41) is 20.2. The van der Waals surface area contributed by atoms with Gasteiger partial charge in [-0.1, -0.05) is 42.5 Å². The van der Waals surface area contributed by atoms with Gasteiger partial charge in [0.15, 0.2) is 17.5 Å². The van der Waals surface area contributed by atoms with E-state index >= 15 is 0 Å². The minimum absolute atomic E-state index is 0.0166. The quantitative estimate of drug-likeness (QED) is 0.170. The second-order valence-electron chi connectivity index (χ2n) is 10.2. The standard InChI is InChI=1S/C33H27N7O3/c1-3-43-26-18-16-23(17-19-26)34-31-33-36-32-29(21(2)37-39(32)24-11-5-4-6-12-24)30(22-10-9-13-25(20-22)40(41)42)38(33)28-15-8-7-14-27(28)35-31/h4-20,30H,3H2,1-2H3,(H,34,35)/t30-/m1/s1. The fourth-order valence-corrected chi connectivity index (χ4v) is 5.61. The molecular formula is C33H27N7O3. The molecule has 0 bridgehead atoms. The lowest BCUT2D eigenvalue weighted by Crippen LogP contribution is -2.46. The number of anilines is 2. The summed E-state index contributed by atoms with van der Waals surface area (Å²) in [6.45, 7) is 4.48. The smallest absolute Gasteiger partial charge is 0.269 e. The summed E-state index contributed by atoms with van der Waals surface area (Å²) in [6.07, 6.45) is 0. The van der Waals surface area contributed by atoms with E-state index in [0.29, 0.717) is 24.1 Å². The van der Waals surface area contributed by atoms with Gasteiger partial charge in [-0.15, -0.1) is 0 Å². The van der Waals surface area contributed by atoms with Crippen molar-refractivity contribution in [3.63, 3.8) is 0 Å². The van der Waals surface area contributed by atoms with Crippen molar-refractivity contribution in [2.45, 2.75) is 19.9 Å². The summed E-state index contributed by atoms with van der Waals surface area (Å²) in [6, 6.07) is 31.6. The van der Waals surface area contributed by atoms with Gasteiger partial charge in [0.1, 0.15) is 5.75 Å². The molecule has 4 aromatic carbocycles. The number of aromatic nitrogens is 2. The Morgan fingerprint density at radius 1 is 0.930 bits per heavy atom. The van der Waals surface area contributed by atoms with Gasteiger partial charge in [0.05, 0.1) is 40.3 Å². The van der Waals surface area contributed by atoms with E-state index in [0.717, 1.165) is 45.3 Å². The third-order valence-electron chi connectivity index (χ3n) is 7.46. The third-order valence-corrected chi connectivity index (χ3v) is 7.46. The van der Waals surface area contributed by atoms with Crippen molar-refractivity contribution in [3.05, 3.63) is 130 Å². The summed E-state index contributed by atoms with van der Waals surface area (Å²) in [4.78, 5) is 23.8. The van der Waals surface area contributed by atoms with Crippen LogP contribution >= 0.6 is 0 Å². The molecule has 0 fully saturated rings. The van der Waals surface area contributed by atoms with Crippen molar-refractivity contribution in [1.82, 2.24) is 9.78 Å². The highest BCUT2D eigenvalue weighted by Gasteiger charge is 2.41. The number of aliphatic imine (C=N–C) groups is 2. The molecular weight excluding hydrogens is 542 g/mol. The third kappa shape index (κ3) is 4.58. The van der Waals surface area contributed by atoms with Crippen molar-refractivity contribution >= 4 is 40.2 Å². The maximum Gasteiger partial charge on any atom is 0.269 e. The summed E-state index contributed by atoms with van der Waals surface area (Å²) < 4.78 is 7.45. The maximum absolute atomic E-state index is 11.9. The molecule has 0 saturated carbocycles. The molecule has 3 heterocycles. The van der Waals surface area contributed by atoms with Gasteiger partial charge in [0, 0.05) is 23.4 Å². The molecule has 43 heavy (non-hydrogen) atoms. The average Bonchev–Trinajstić information content (AvgIpc) is 3.37. The first kappa shape index (κ1) is 26.1. The zero-order chi connectivity index (χ0) is 29.5. The number of para-hydroxylation sites is 3. The zero-order valence-electron chi connectivity index (χ0n) is 23.5. The Morgan fingerprint density at radius 2 is 1.70 bits per heavy atom. The average molecular weight is 570 g/mol. The Balaban J connectivity index is 1.46. The second kappa shape index (κ2) is 10.6. The number of benzene rings is 4. The van der Waals surface area contributed by atoms with Gasteiger partial charge in [-0.05, 0) is 67.9 Å². The van der Waals surface area contributed by atoms with E-state index in [1.807, 2.05) is 103 Å². The van der Waals surface area contributed by atoms with Crippen LogP contribution in [0.3, 0.4) is 0 Å². The fraction of sp³-hybridized carbons (Fsp3) is 0.121. The summed E-state index contributed by atoms with van der Waals surface area (Å²) in [7, 11) is 0.